The Morgan fingerprint density at radius 3 is 2.10 bits per heavy atom. The van der Waals surface area contributed by atoms with Gasteiger partial charge in [0.25, 0.3) is 0 Å². The van der Waals surface area contributed by atoms with E-state index in [1.165, 1.54) is 23.3 Å². The van der Waals surface area contributed by atoms with E-state index in [-0.39, 0.29) is 62.7 Å². The highest BCUT2D eigenvalue weighted by Crippen LogP contribution is 2.27. The van der Waals surface area contributed by atoms with Crippen molar-refractivity contribution in [2.24, 2.45) is 11.8 Å². The molecule has 0 heterocycles. The first-order chi connectivity index (χ1) is 23.6. The summed E-state index contributed by atoms with van der Waals surface area (Å²) in [4.78, 5) is 79.6. The van der Waals surface area contributed by atoms with Crippen LogP contribution in [0.5, 0.6) is 0 Å². The quantitative estimate of drug-likeness (QED) is 0.172. The van der Waals surface area contributed by atoms with E-state index in [0.29, 0.717) is 18.8 Å². The molecule has 3 N–H and O–H groups in total. The normalized spacial score (nSPS) is 15.3. The fraction of sp³-hybridized carbons (Fsp3) is 0.676. The summed E-state index contributed by atoms with van der Waals surface area (Å²) in [6, 6.07) is 7.67. The molecule has 0 aromatic heterocycles. The minimum absolute atomic E-state index is 0.0605. The zero-order chi connectivity index (χ0) is 37.3. The maximum absolute atomic E-state index is 13.4. The largest absolute Gasteiger partial charge is 0.459 e. The molecule has 280 valence electrons. The average Bonchev–Trinajstić information content (AvgIpc) is 3.07. The maximum atomic E-state index is 13.4. The maximum Gasteiger partial charge on any atom is 0.408 e. The van der Waals surface area contributed by atoms with Crippen molar-refractivity contribution in [3.8, 4) is 0 Å². The van der Waals surface area contributed by atoms with Crippen LogP contribution in [0.2, 0.25) is 0 Å². The van der Waals surface area contributed by atoms with E-state index in [4.69, 9.17) is 9.47 Å². The van der Waals surface area contributed by atoms with Gasteiger partial charge in [-0.15, -0.1) is 0 Å². The standard InChI is InChI=1S/C37H59N5O8/c1-8-26(2)33(40-36(48)49-25-28-17-13-10-14-18-28)35(47)41(6)23-30(44)21-38-20-29(43)22-39-31(19-27-15-11-9-12-16-27)34(46)42(7)24-32(45)50-37(3,4)5/h10,13-14,17-18,26-27,31,33,38-39H,8-9,11-12,15-16,19-25H2,1-7H3,(H,40,48)/t26-,31-,33-/m0/s1. The molecule has 3 amide bonds. The molecule has 13 nitrogen and oxygen atoms in total. The summed E-state index contributed by atoms with van der Waals surface area (Å²) < 4.78 is 10.7. The minimum Gasteiger partial charge on any atom is -0.459 e. The zero-order valence-electron chi connectivity index (χ0n) is 31.0. The van der Waals surface area contributed by atoms with E-state index in [0.717, 1.165) is 31.2 Å². The number of carbonyl (C=O) groups is 6. The van der Waals surface area contributed by atoms with E-state index < -0.39 is 35.7 Å². The number of nitrogens with zero attached hydrogens (tertiary/aromatic N) is 2. The lowest BCUT2D eigenvalue weighted by Crippen LogP contribution is -2.52. The summed E-state index contributed by atoms with van der Waals surface area (Å²) in [6.07, 6.45) is 5.87. The van der Waals surface area contributed by atoms with Crippen LogP contribution in [-0.4, -0.2) is 110 Å². The van der Waals surface area contributed by atoms with E-state index in [1.807, 2.05) is 44.2 Å². The number of benzene rings is 1. The smallest absolute Gasteiger partial charge is 0.408 e. The number of carbonyl (C=O) groups excluding carboxylic acids is 6. The second-order valence-corrected chi connectivity index (χ2v) is 14.4. The molecule has 0 radical (unpaired) electrons. The second-order valence-electron chi connectivity index (χ2n) is 14.4. The molecule has 1 aromatic rings. The van der Waals surface area contributed by atoms with Gasteiger partial charge in [0, 0.05) is 14.1 Å². The van der Waals surface area contributed by atoms with Gasteiger partial charge in [-0.1, -0.05) is 82.7 Å². The summed E-state index contributed by atoms with van der Waals surface area (Å²) in [5.74, 6) is -1.62. The fourth-order valence-electron chi connectivity index (χ4n) is 5.79. The Morgan fingerprint density at radius 1 is 0.860 bits per heavy atom. The van der Waals surface area contributed by atoms with Crippen LogP contribution in [0.15, 0.2) is 30.3 Å². The second kappa shape index (κ2) is 21.4. The van der Waals surface area contributed by atoms with Gasteiger partial charge < -0.3 is 29.9 Å². The van der Waals surface area contributed by atoms with Gasteiger partial charge >= 0.3 is 12.1 Å². The molecule has 0 saturated heterocycles. The lowest BCUT2D eigenvalue weighted by Gasteiger charge is -2.29. The Hall–Kier alpha value is -3.84. The zero-order valence-corrected chi connectivity index (χ0v) is 31.0. The molecule has 2 rings (SSSR count). The molecular formula is C37H59N5O8. The number of hydrogen-bond donors (Lipinski definition) is 3. The van der Waals surface area contributed by atoms with E-state index in [2.05, 4.69) is 16.0 Å². The SMILES string of the molecule is CC[C@H](C)[C@H](NC(=O)OCc1ccccc1)C(=O)N(C)CC(=O)CNCC(=O)CN[C@@H](CC1CCCCC1)C(=O)N(C)CC(=O)OC(C)(C)C. The molecule has 1 saturated carbocycles. The summed E-state index contributed by atoms with van der Waals surface area (Å²) in [5.41, 5.74) is 0.146. The molecule has 0 unspecified atom stereocenters. The van der Waals surface area contributed by atoms with Crippen LogP contribution in [0, 0.1) is 11.8 Å². The van der Waals surface area contributed by atoms with Gasteiger partial charge in [0.15, 0.2) is 11.6 Å². The molecule has 0 bridgehead atoms. The first-order valence-corrected chi connectivity index (χ1v) is 17.8. The average molecular weight is 702 g/mol. The van der Waals surface area contributed by atoms with Crippen molar-refractivity contribution in [1.82, 2.24) is 25.8 Å². The number of amides is 3. The molecule has 1 fully saturated rings. The molecule has 1 aliphatic carbocycles. The first-order valence-electron chi connectivity index (χ1n) is 17.8. The summed E-state index contributed by atoms with van der Waals surface area (Å²) in [6.45, 7) is 8.34. The van der Waals surface area contributed by atoms with E-state index in [1.54, 1.807) is 27.8 Å². The molecule has 13 heteroatoms. The third-order valence-corrected chi connectivity index (χ3v) is 8.70. The molecule has 50 heavy (non-hydrogen) atoms. The number of rotatable bonds is 20. The van der Waals surface area contributed by atoms with Crippen molar-refractivity contribution >= 4 is 35.4 Å². The Balaban J connectivity index is 1.85. The molecule has 1 aromatic carbocycles. The Kier molecular flexibility index (Phi) is 18.1. The van der Waals surface area contributed by atoms with Crippen LogP contribution in [-0.2, 0) is 40.1 Å². The fourth-order valence-corrected chi connectivity index (χ4v) is 5.79. The number of alkyl carbamates (subject to hydrolysis) is 1. The van der Waals surface area contributed by atoms with Crippen LogP contribution < -0.4 is 16.0 Å². The number of nitrogens with one attached hydrogen (secondary N) is 3. The van der Waals surface area contributed by atoms with Gasteiger partial charge in [0.1, 0.15) is 24.8 Å². The van der Waals surface area contributed by atoms with Crippen LogP contribution in [0.1, 0.15) is 85.1 Å². The molecule has 0 spiro atoms. The predicted molar refractivity (Wildman–Crippen MR) is 190 cm³/mol. The number of Topliss-reactive ketones (excluding diaryl/α,β-unsaturated/α-hetero) is 2. The van der Waals surface area contributed by atoms with Gasteiger partial charge in [-0.2, -0.15) is 0 Å². The minimum atomic E-state index is -0.880. The summed E-state index contributed by atoms with van der Waals surface area (Å²) in [7, 11) is 3.04. The van der Waals surface area contributed by atoms with Crippen LogP contribution in [0.25, 0.3) is 0 Å². The topological polar surface area (TPSA) is 163 Å². The van der Waals surface area contributed by atoms with Crippen molar-refractivity contribution in [2.75, 3.05) is 46.8 Å². The molecular weight excluding hydrogens is 642 g/mol. The Labute approximate surface area is 297 Å². The van der Waals surface area contributed by atoms with Gasteiger partial charge in [-0.3, -0.25) is 29.3 Å². The van der Waals surface area contributed by atoms with E-state index >= 15 is 0 Å². The molecule has 0 aliphatic heterocycles. The number of ether oxygens (including phenoxy) is 2. The summed E-state index contributed by atoms with van der Waals surface area (Å²) >= 11 is 0. The van der Waals surface area contributed by atoms with Crippen molar-refractivity contribution in [1.29, 1.82) is 0 Å². The monoisotopic (exact) mass is 701 g/mol. The molecule has 3 atom stereocenters. The Morgan fingerprint density at radius 2 is 1.48 bits per heavy atom. The highest BCUT2D eigenvalue weighted by Gasteiger charge is 2.31. The predicted octanol–water partition coefficient (Wildman–Crippen LogP) is 3.24. The third kappa shape index (κ3) is 16.2. The van der Waals surface area contributed by atoms with E-state index in [9.17, 15) is 28.8 Å². The number of hydrogen-bond acceptors (Lipinski definition) is 10. The lowest BCUT2D eigenvalue weighted by molar-refractivity contribution is -0.158. The number of ketones is 2. The summed E-state index contributed by atoms with van der Waals surface area (Å²) in [5, 5.41) is 8.59. The van der Waals surface area contributed by atoms with Gasteiger partial charge in [-0.05, 0) is 44.6 Å². The highest BCUT2D eigenvalue weighted by molar-refractivity contribution is 5.91. The van der Waals surface area contributed by atoms with Gasteiger partial charge in [-0.25, -0.2) is 4.79 Å². The number of likely N-dealkylation sites (N-methyl/N-ethyl adjacent to an activating group) is 2. The van der Waals surface area contributed by atoms with Gasteiger partial charge in [0.2, 0.25) is 11.8 Å². The van der Waals surface area contributed by atoms with Crippen LogP contribution in [0.3, 0.4) is 0 Å². The lowest BCUT2D eigenvalue weighted by atomic mass is 9.84. The van der Waals surface area contributed by atoms with Crippen molar-refractivity contribution in [2.45, 2.75) is 104 Å². The van der Waals surface area contributed by atoms with Crippen molar-refractivity contribution < 1.29 is 38.2 Å². The third-order valence-electron chi connectivity index (χ3n) is 8.70. The number of esters is 1. The van der Waals surface area contributed by atoms with Crippen LogP contribution >= 0.6 is 0 Å². The highest BCUT2D eigenvalue weighted by atomic mass is 16.6. The molecule has 1 aliphatic rings. The Bertz CT molecular complexity index is 1260. The van der Waals surface area contributed by atoms with Crippen LogP contribution in [0.4, 0.5) is 4.79 Å². The first kappa shape index (κ1) is 42.3. The van der Waals surface area contributed by atoms with Crippen molar-refractivity contribution in [3.63, 3.8) is 0 Å². The van der Waals surface area contributed by atoms with Gasteiger partial charge in [0.05, 0.1) is 32.2 Å². The van der Waals surface area contributed by atoms with Crippen molar-refractivity contribution in [3.05, 3.63) is 35.9 Å².